The Balaban J connectivity index is 0.00000242. The molecular formula is C16H24ClN3O2. The Morgan fingerprint density at radius 3 is 2.55 bits per heavy atom. The van der Waals surface area contributed by atoms with Crippen molar-refractivity contribution in [2.24, 2.45) is 0 Å². The Morgan fingerprint density at radius 1 is 1.23 bits per heavy atom. The second-order valence-corrected chi connectivity index (χ2v) is 5.33. The maximum absolute atomic E-state index is 11.8. The molecule has 1 aliphatic rings. The van der Waals surface area contributed by atoms with E-state index in [9.17, 15) is 9.59 Å². The fraction of sp³-hybridized carbons (Fsp3) is 0.500. The lowest BCUT2D eigenvalue weighted by Gasteiger charge is -2.10. The van der Waals surface area contributed by atoms with Gasteiger partial charge < -0.3 is 16.0 Å². The molecule has 1 aromatic carbocycles. The number of hydrogen-bond donors (Lipinski definition) is 3. The molecule has 2 amide bonds. The van der Waals surface area contributed by atoms with Crippen LogP contribution in [0.1, 0.15) is 42.1 Å². The molecule has 1 aromatic rings. The predicted octanol–water partition coefficient (Wildman–Crippen LogP) is 1.62. The molecule has 0 aliphatic carbocycles. The zero-order valence-electron chi connectivity index (χ0n) is 12.9. The van der Waals surface area contributed by atoms with Crippen molar-refractivity contribution < 1.29 is 9.59 Å². The summed E-state index contributed by atoms with van der Waals surface area (Å²) < 4.78 is 0. The number of benzene rings is 1. The van der Waals surface area contributed by atoms with Crippen molar-refractivity contribution in [3.05, 3.63) is 35.4 Å². The lowest BCUT2D eigenvalue weighted by atomic mass is 10.1. The molecule has 2 rings (SSSR count). The second kappa shape index (κ2) is 9.43. The molecule has 22 heavy (non-hydrogen) atoms. The summed E-state index contributed by atoms with van der Waals surface area (Å²) in [4.78, 5) is 23.4. The van der Waals surface area contributed by atoms with Crippen molar-refractivity contribution in [1.82, 2.24) is 16.0 Å². The van der Waals surface area contributed by atoms with Gasteiger partial charge in [-0.05, 0) is 44.0 Å². The molecule has 3 N–H and O–H groups in total. The molecule has 1 saturated heterocycles. The number of nitrogens with one attached hydrogen (secondary N) is 3. The number of rotatable bonds is 6. The summed E-state index contributed by atoms with van der Waals surface area (Å²) in [6.45, 7) is 4.02. The Hall–Kier alpha value is -1.59. The Labute approximate surface area is 137 Å². The van der Waals surface area contributed by atoms with Crippen LogP contribution in [0.2, 0.25) is 0 Å². The van der Waals surface area contributed by atoms with E-state index in [4.69, 9.17) is 0 Å². The summed E-state index contributed by atoms with van der Waals surface area (Å²) in [5, 5.41) is 8.99. The number of amides is 2. The predicted molar refractivity (Wildman–Crippen MR) is 89.2 cm³/mol. The third-order valence-electron chi connectivity index (χ3n) is 3.64. The largest absolute Gasteiger partial charge is 0.352 e. The van der Waals surface area contributed by atoms with Gasteiger partial charge in [0, 0.05) is 31.1 Å². The van der Waals surface area contributed by atoms with E-state index in [1.807, 2.05) is 19.1 Å². The molecule has 0 spiro atoms. The van der Waals surface area contributed by atoms with Crippen molar-refractivity contribution in [1.29, 1.82) is 0 Å². The van der Waals surface area contributed by atoms with Gasteiger partial charge in [-0.3, -0.25) is 9.59 Å². The van der Waals surface area contributed by atoms with Gasteiger partial charge in [-0.2, -0.15) is 0 Å². The summed E-state index contributed by atoms with van der Waals surface area (Å²) >= 11 is 0. The molecule has 1 heterocycles. The molecule has 1 aliphatic heterocycles. The van der Waals surface area contributed by atoms with E-state index >= 15 is 0 Å². The Morgan fingerprint density at radius 2 is 1.95 bits per heavy atom. The van der Waals surface area contributed by atoms with E-state index in [-0.39, 0.29) is 24.2 Å². The second-order valence-electron chi connectivity index (χ2n) is 5.33. The first-order chi connectivity index (χ1) is 10.2. The summed E-state index contributed by atoms with van der Waals surface area (Å²) in [6.07, 6.45) is 2.77. The molecule has 122 valence electrons. The van der Waals surface area contributed by atoms with Crippen LogP contribution in [0.4, 0.5) is 0 Å². The third-order valence-corrected chi connectivity index (χ3v) is 3.64. The average molecular weight is 326 g/mol. The van der Waals surface area contributed by atoms with Gasteiger partial charge in [0.05, 0.1) is 0 Å². The van der Waals surface area contributed by atoms with Gasteiger partial charge in [0.25, 0.3) is 5.91 Å². The highest BCUT2D eigenvalue weighted by molar-refractivity contribution is 5.94. The maximum Gasteiger partial charge on any atom is 0.251 e. The number of halogens is 1. The van der Waals surface area contributed by atoms with E-state index in [1.54, 1.807) is 12.1 Å². The smallest absolute Gasteiger partial charge is 0.251 e. The van der Waals surface area contributed by atoms with Gasteiger partial charge in [-0.1, -0.05) is 12.1 Å². The number of carbonyl (C=O) groups is 2. The van der Waals surface area contributed by atoms with E-state index in [0.29, 0.717) is 31.1 Å². The Kier molecular flexibility index (Phi) is 7.91. The highest BCUT2D eigenvalue weighted by Gasteiger charge is 2.17. The van der Waals surface area contributed by atoms with Crippen molar-refractivity contribution in [3.63, 3.8) is 0 Å². The van der Waals surface area contributed by atoms with Crippen molar-refractivity contribution in [2.75, 3.05) is 13.1 Å². The zero-order chi connectivity index (χ0) is 15.1. The average Bonchev–Trinajstić information content (AvgIpc) is 2.99. The lowest BCUT2D eigenvalue weighted by Crippen LogP contribution is -2.31. The van der Waals surface area contributed by atoms with Gasteiger partial charge in [0.1, 0.15) is 0 Å². The number of carbonyl (C=O) groups excluding carboxylic acids is 2. The monoisotopic (exact) mass is 325 g/mol. The van der Waals surface area contributed by atoms with E-state index in [1.165, 1.54) is 0 Å². The topological polar surface area (TPSA) is 70.2 Å². The van der Waals surface area contributed by atoms with Crippen LogP contribution in [0.15, 0.2) is 24.3 Å². The van der Waals surface area contributed by atoms with E-state index in [0.717, 1.165) is 24.9 Å². The molecule has 1 atom stereocenters. The normalized spacial score (nSPS) is 16.7. The molecule has 0 bridgehead atoms. The minimum Gasteiger partial charge on any atom is -0.352 e. The lowest BCUT2D eigenvalue weighted by molar-refractivity contribution is -0.121. The van der Waals surface area contributed by atoms with Crippen LogP contribution in [0.25, 0.3) is 0 Å². The number of hydrogen-bond acceptors (Lipinski definition) is 3. The molecule has 5 nitrogen and oxygen atoms in total. The quantitative estimate of drug-likeness (QED) is 0.744. The summed E-state index contributed by atoms with van der Waals surface area (Å²) in [6, 6.07) is 7.64. The van der Waals surface area contributed by atoms with Crippen molar-refractivity contribution in [2.45, 2.75) is 38.8 Å². The van der Waals surface area contributed by atoms with Crippen LogP contribution >= 0.6 is 12.4 Å². The maximum atomic E-state index is 11.8. The van der Waals surface area contributed by atoms with Gasteiger partial charge in [-0.25, -0.2) is 0 Å². The summed E-state index contributed by atoms with van der Waals surface area (Å²) in [5.41, 5.74) is 1.64. The SMILES string of the molecule is CCNC(=O)c1ccc(CNC(=O)CC2CCCN2)cc1.Cl. The van der Waals surface area contributed by atoms with E-state index < -0.39 is 0 Å². The minimum atomic E-state index is -0.0691. The van der Waals surface area contributed by atoms with Crippen molar-refractivity contribution in [3.8, 4) is 0 Å². The minimum absolute atomic E-state index is 0. The molecule has 0 aromatic heterocycles. The van der Waals surface area contributed by atoms with E-state index in [2.05, 4.69) is 16.0 Å². The molecule has 1 fully saturated rings. The molecule has 6 heteroatoms. The van der Waals surface area contributed by atoms with Gasteiger partial charge in [-0.15, -0.1) is 12.4 Å². The van der Waals surface area contributed by atoms with Crippen LogP contribution in [-0.2, 0) is 11.3 Å². The van der Waals surface area contributed by atoms with Gasteiger partial charge in [0.2, 0.25) is 5.91 Å². The Bertz CT molecular complexity index is 485. The van der Waals surface area contributed by atoms with Crippen LogP contribution in [0.3, 0.4) is 0 Å². The van der Waals surface area contributed by atoms with Gasteiger partial charge >= 0.3 is 0 Å². The highest BCUT2D eigenvalue weighted by Crippen LogP contribution is 2.09. The van der Waals surface area contributed by atoms with Crippen LogP contribution in [0, 0.1) is 0 Å². The molecule has 1 unspecified atom stereocenters. The van der Waals surface area contributed by atoms with Crippen molar-refractivity contribution >= 4 is 24.2 Å². The highest BCUT2D eigenvalue weighted by atomic mass is 35.5. The van der Waals surface area contributed by atoms with Gasteiger partial charge in [0.15, 0.2) is 0 Å². The molecule has 0 radical (unpaired) electrons. The standard InChI is InChI=1S/C16H23N3O2.ClH/c1-2-17-16(21)13-7-5-12(6-8-13)11-19-15(20)10-14-4-3-9-18-14;/h5-8,14,18H,2-4,9-11H2,1H3,(H,17,21)(H,19,20);1H. The van der Waals surface area contributed by atoms with Crippen LogP contribution < -0.4 is 16.0 Å². The first-order valence-corrected chi connectivity index (χ1v) is 7.56. The fourth-order valence-electron chi connectivity index (χ4n) is 2.46. The first-order valence-electron chi connectivity index (χ1n) is 7.56. The summed E-state index contributed by atoms with van der Waals surface area (Å²) in [7, 11) is 0. The molecule has 0 saturated carbocycles. The van der Waals surface area contributed by atoms with Crippen LogP contribution in [-0.4, -0.2) is 30.9 Å². The zero-order valence-corrected chi connectivity index (χ0v) is 13.7. The summed E-state index contributed by atoms with van der Waals surface area (Å²) in [5.74, 6) is 0.00240. The molecular weight excluding hydrogens is 302 g/mol. The fourth-order valence-corrected chi connectivity index (χ4v) is 2.46. The first kappa shape index (κ1) is 18.5. The van der Waals surface area contributed by atoms with Crippen LogP contribution in [0.5, 0.6) is 0 Å². The third kappa shape index (κ3) is 5.66.